The summed E-state index contributed by atoms with van der Waals surface area (Å²) in [5.74, 6) is -0.532. The van der Waals surface area contributed by atoms with Gasteiger partial charge >= 0.3 is 0 Å². The lowest BCUT2D eigenvalue weighted by Crippen LogP contribution is -2.38. The average molecular weight is 335 g/mol. The molecule has 3 heteroatoms. The number of allylic oxidation sites excluding steroid dienone is 1. The highest BCUT2D eigenvalue weighted by Gasteiger charge is 2.24. The Morgan fingerprint density at radius 2 is 1.36 bits per heavy atom. The van der Waals surface area contributed by atoms with Crippen molar-refractivity contribution in [3.63, 3.8) is 0 Å². The summed E-state index contributed by atoms with van der Waals surface area (Å²) in [5, 5.41) is 0. The number of carbonyl (C=O) groups is 2. The number of hydrogen-bond donors (Lipinski definition) is 0. The molecule has 0 unspecified atom stereocenters. The molecule has 0 aliphatic rings. The molecular weight excluding hydrogens is 310 g/mol. The van der Waals surface area contributed by atoms with Crippen LogP contribution in [0.1, 0.15) is 53.8 Å². The molecule has 0 aliphatic carbocycles. The molecule has 2 aromatic rings. The maximum Gasteiger partial charge on any atom is 0.261 e. The Morgan fingerprint density at radius 3 is 1.80 bits per heavy atom. The maximum absolute atomic E-state index is 12.9. The highest BCUT2D eigenvalue weighted by atomic mass is 16.2. The van der Waals surface area contributed by atoms with E-state index in [1.54, 1.807) is 24.3 Å². The van der Waals surface area contributed by atoms with Gasteiger partial charge in [-0.1, -0.05) is 67.8 Å². The smallest absolute Gasteiger partial charge is 0.261 e. The summed E-state index contributed by atoms with van der Waals surface area (Å²) in [4.78, 5) is 27.1. The lowest BCUT2D eigenvalue weighted by Gasteiger charge is -2.21. The van der Waals surface area contributed by atoms with Crippen molar-refractivity contribution >= 4 is 11.8 Å². The van der Waals surface area contributed by atoms with Crippen LogP contribution < -0.4 is 0 Å². The molecule has 3 nitrogen and oxygen atoms in total. The minimum Gasteiger partial charge on any atom is -0.270 e. The highest BCUT2D eigenvalue weighted by Crippen LogP contribution is 2.13. The molecule has 0 saturated heterocycles. The van der Waals surface area contributed by atoms with Crippen LogP contribution in [-0.4, -0.2) is 23.3 Å². The van der Waals surface area contributed by atoms with Crippen LogP contribution in [0.5, 0.6) is 0 Å². The molecule has 0 radical (unpaired) electrons. The molecule has 0 heterocycles. The minimum absolute atomic E-state index is 0.266. The standard InChI is InChI=1S/C22H25NO2/c1-3-4-7-12-18(2)17-23(21(24)19-13-8-5-9-14-19)22(25)20-15-10-6-11-16-20/h5-6,8-16H,3-4,7,17H2,1-2H3/b18-12-. The van der Waals surface area contributed by atoms with Crippen LogP contribution in [0.15, 0.2) is 72.3 Å². The number of benzene rings is 2. The maximum atomic E-state index is 12.9. The molecular formula is C22H25NO2. The SMILES string of the molecule is CCCC/C=C(/C)CN(C(=O)c1ccccc1)C(=O)c1ccccc1. The monoisotopic (exact) mass is 335 g/mol. The summed E-state index contributed by atoms with van der Waals surface area (Å²) < 4.78 is 0. The predicted octanol–water partition coefficient (Wildman–Crippen LogP) is 5.11. The summed E-state index contributed by atoms with van der Waals surface area (Å²) in [5.41, 5.74) is 2.07. The lowest BCUT2D eigenvalue weighted by atomic mass is 10.1. The molecule has 0 spiro atoms. The normalized spacial score (nSPS) is 11.2. The zero-order valence-electron chi connectivity index (χ0n) is 14.9. The Balaban J connectivity index is 2.26. The quantitative estimate of drug-likeness (QED) is 0.401. The third kappa shape index (κ3) is 5.42. The van der Waals surface area contributed by atoms with E-state index in [2.05, 4.69) is 13.0 Å². The van der Waals surface area contributed by atoms with Crippen LogP contribution in [0, 0.1) is 0 Å². The van der Waals surface area contributed by atoms with Gasteiger partial charge in [-0.15, -0.1) is 0 Å². The van der Waals surface area contributed by atoms with E-state index < -0.39 is 0 Å². The van der Waals surface area contributed by atoms with Gasteiger partial charge in [0.05, 0.1) is 0 Å². The van der Waals surface area contributed by atoms with E-state index in [4.69, 9.17) is 0 Å². The summed E-state index contributed by atoms with van der Waals surface area (Å²) in [6.07, 6.45) is 5.32. The highest BCUT2D eigenvalue weighted by molar-refractivity contribution is 6.10. The zero-order valence-corrected chi connectivity index (χ0v) is 14.9. The Morgan fingerprint density at radius 1 is 0.880 bits per heavy atom. The molecule has 25 heavy (non-hydrogen) atoms. The van der Waals surface area contributed by atoms with Gasteiger partial charge in [0.25, 0.3) is 11.8 Å². The second kappa shape index (κ2) is 9.58. The largest absolute Gasteiger partial charge is 0.270 e. The number of rotatable bonds is 7. The lowest BCUT2D eigenvalue weighted by molar-refractivity contribution is 0.0630. The van der Waals surface area contributed by atoms with E-state index in [1.807, 2.05) is 43.3 Å². The number of nitrogens with zero attached hydrogens (tertiary/aromatic N) is 1. The molecule has 0 bridgehead atoms. The Bertz CT molecular complexity index is 669. The molecule has 130 valence electrons. The van der Waals surface area contributed by atoms with Crippen molar-refractivity contribution in [2.24, 2.45) is 0 Å². The fourth-order valence-electron chi connectivity index (χ4n) is 2.58. The zero-order chi connectivity index (χ0) is 18.1. The first-order chi connectivity index (χ1) is 12.1. The fourth-order valence-corrected chi connectivity index (χ4v) is 2.58. The van der Waals surface area contributed by atoms with Crippen LogP contribution >= 0.6 is 0 Å². The van der Waals surface area contributed by atoms with Crippen LogP contribution in [0.4, 0.5) is 0 Å². The third-order valence-corrected chi connectivity index (χ3v) is 3.99. The summed E-state index contributed by atoms with van der Waals surface area (Å²) in [7, 11) is 0. The molecule has 2 aromatic carbocycles. The van der Waals surface area contributed by atoms with Crippen LogP contribution in [0.25, 0.3) is 0 Å². The second-order valence-corrected chi connectivity index (χ2v) is 6.12. The molecule has 0 N–H and O–H groups in total. The van der Waals surface area contributed by atoms with E-state index in [-0.39, 0.29) is 11.8 Å². The average Bonchev–Trinajstić information content (AvgIpc) is 2.66. The van der Waals surface area contributed by atoms with Crippen molar-refractivity contribution in [3.05, 3.63) is 83.4 Å². The van der Waals surface area contributed by atoms with Gasteiger partial charge < -0.3 is 0 Å². The summed E-state index contributed by atoms with van der Waals surface area (Å²) in [6, 6.07) is 17.9. The van der Waals surface area contributed by atoms with Crippen molar-refractivity contribution < 1.29 is 9.59 Å². The first kappa shape index (κ1) is 18.7. The van der Waals surface area contributed by atoms with Gasteiger partial charge in [-0.3, -0.25) is 14.5 Å². The van der Waals surface area contributed by atoms with Gasteiger partial charge in [0.2, 0.25) is 0 Å². The summed E-state index contributed by atoms with van der Waals surface area (Å²) >= 11 is 0. The number of carbonyl (C=O) groups excluding carboxylic acids is 2. The van der Waals surface area contributed by atoms with E-state index in [0.29, 0.717) is 17.7 Å². The molecule has 2 rings (SSSR count). The van der Waals surface area contributed by atoms with Gasteiger partial charge in [0.15, 0.2) is 0 Å². The predicted molar refractivity (Wildman–Crippen MR) is 102 cm³/mol. The van der Waals surface area contributed by atoms with Crippen molar-refractivity contribution in [2.75, 3.05) is 6.54 Å². The Hall–Kier alpha value is -2.68. The van der Waals surface area contributed by atoms with Crippen molar-refractivity contribution in [3.8, 4) is 0 Å². The van der Waals surface area contributed by atoms with Crippen molar-refractivity contribution in [1.29, 1.82) is 0 Å². The Labute approximate surface area is 150 Å². The van der Waals surface area contributed by atoms with Gasteiger partial charge in [-0.2, -0.15) is 0 Å². The molecule has 0 saturated carbocycles. The van der Waals surface area contributed by atoms with Crippen molar-refractivity contribution in [2.45, 2.75) is 33.1 Å². The van der Waals surface area contributed by atoms with Crippen LogP contribution in [-0.2, 0) is 0 Å². The molecule has 0 aromatic heterocycles. The first-order valence-electron chi connectivity index (χ1n) is 8.75. The molecule has 0 aliphatic heterocycles. The molecule has 0 atom stereocenters. The Kier molecular flexibility index (Phi) is 7.15. The van der Waals surface area contributed by atoms with Gasteiger partial charge in [0.1, 0.15) is 0 Å². The van der Waals surface area contributed by atoms with Crippen LogP contribution in [0.3, 0.4) is 0 Å². The summed E-state index contributed by atoms with van der Waals surface area (Å²) in [6.45, 7) is 4.43. The number of unbranched alkanes of at least 4 members (excludes halogenated alkanes) is 2. The van der Waals surface area contributed by atoms with Crippen LogP contribution in [0.2, 0.25) is 0 Å². The van der Waals surface area contributed by atoms with E-state index >= 15 is 0 Å². The van der Waals surface area contributed by atoms with Gasteiger partial charge in [0, 0.05) is 17.7 Å². The second-order valence-electron chi connectivity index (χ2n) is 6.12. The van der Waals surface area contributed by atoms with E-state index in [0.717, 1.165) is 24.8 Å². The van der Waals surface area contributed by atoms with Gasteiger partial charge in [-0.25, -0.2) is 0 Å². The minimum atomic E-state index is -0.266. The molecule has 2 amide bonds. The first-order valence-corrected chi connectivity index (χ1v) is 8.75. The number of hydrogen-bond acceptors (Lipinski definition) is 2. The third-order valence-electron chi connectivity index (χ3n) is 3.99. The van der Waals surface area contributed by atoms with Gasteiger partial charge in [-0.05, 0) is 37.6 Å². The number of amides is 2. The van der Waals surface area contributed by atoms with E-state index in [1.165, 1.54) is 4.90 Å². The van der Waals surface area contributed by atoms with Crippen molar-refractivity contribution in [1.82, 2.24) is 4.90 Å². The number of imide groups is 1. The van der Waals surface area contributed by atoms with E-state index in [9.17, 15) is 9.59 Å². The topological polar surface area (TPSA) is 37.4 Å². The molecule has 0 fully saturated rings. The fraction of sp³-hybridized carbons (Fsp3) is 0.273.